The number of imidazole rings is 1. The lowest BCUT2D eigenvalue weighted by molar-refractivity contribution is 0.0429. The van der Waals surface area contributed by atoms with Gasteiger partial charge in [-0.15, -0.1) is 0 Å². The summed E-state index contributed by atoms with van der Waals surface area (Å²) in [5, 5.41) is 1.87. The van der Waals surface area contributed by atoms with Gasteiger partial charge in [-0.25, -0.2) is 9.97 Å². The standard InChI is InChI=1S/C40H30F2N4/c1-39(2,27-11-4-3-5-12-27)28-21-22-43-38(25-28)46-35-17-8-6-15-32(35)33-20-19-30(24-37(33)46)40(41,42)29-13-10-14-31(23-29)45-26-44-34-16-7-9-18-36(34)45/h3-26H,1-2H3. The van der Waals surface area contributed by atoms with Crippen molar-refractivity contribution in [3.05, 3.63) is 168 Å². The Morgan fingerprint density at radius 1 is 0.543 bits per heavy atom. The molecular formula is C40H30F2N4. The van der Waals surface area contributed by atoms with Crippen LogP contribution < -0.4 is 0 Å². The van der Waals surface area contributed by atoms with Gasteiger partial charge in [0.25, 0.3) is 5.92 Å². The second kappa shape index (κ2) is 10.5. The van der Waals surface area contributed by atoms with Crippen LogP contribution >= 0.6 is 0 Å². The van der Waals surface area contributed by atoms with Crippen LogP contribution in [0.15, 0.2) is 146 Å². The van der Waals surface area contributed by atoms with Crippen molar-refractivity contribution in [3.8, 4) is 11.5 Å². The van der Waals surface area contributed by atoms with Crippen molar-refractivity contribution in [1.82, 2.24) is 19.1 Å². The van der Waals surface area contributed by atoms with Gasteiger partial charge in [-0.3, -0.25) is 9.13 Å². The third-order valence-electron chi connectivity index (χ3n) is 9.17. The highest BCUT2D eigenvalue weighted by Gasteiger charge is 2.35. The summed E-state index contributed by atoms with van der Waals surface area (Å²) in [6, 6.07) is 41.6. The first-order valence-corrected chi connectivity index (χ1v) is 15.3. The molecule has 3 aromatic heterocycles. The van der Waals surface area contributed by atoms with Crippen molar-refractivity contribution >= 4 is 32.8 Å². The van der Waals surface area contributed by atoms with E-state index in [0.717, 1.165) is 32.9 Å². The van der Waals surface area contributed by atoms with Crippen molar-refractivity contribution in [3.63, 3.8) is 0 Å². The third kappa shape index (κ3) is 4.40. The zero-order chi connectivity index (χ0) is 31.5. The Hall–Kier alpha value is -5.62. The van der Waals surface area contributed by atoms with Gasteiger partial charge in [0.15, 0.2) is 0 Å². The minimum atomic E-state index is -3.26. The predicted molar refractivity (Wildman–Crippen MR) is 181 cm³/mol. The summed E-state index contributed by atoms with van der Waals surface area (Å²) in [5.74, 6) is -2.57. The lowest BCUT2D eigenvalue weighted by atomic mass is 9.78. The number of para-hydroxylation sites is 3. The number of nitrogens with zero attached hydrogens (tertiary/aromatic N) is 4. The van der Waals surface area contributed by atoms with Gasteiger partial charge in [0, 0.05) is 39.2 Å². The monoisotopic (exact) mass is 604 g/mol. The average Bonchev–Trinajstić information content (AvgIpc) is 3.68. The maximum atomic E-state index is 16.5. The fourth-order valence-corrected chi connectivity index (χ4v) is 6.55. The molecule has 0 radical (unpaired) electrons. The highest BCUT2D eigenvalue weighted by Crippen LogP contribution is 2.41. The molecule has 8 rings (SSSR count). The normalized spacial score (nSPS) is 12.3. The summed E-state index contributed by atoms with van der Waals surface area (Å²) in [4.78, 5) is 9.21. The van der Waals surface area contributed by atoms with E-state index in [1.165, 1.54) is 11.6 Å². The highest BCUT2D eigenvalue weighted by molar-refractivity contribution is 6.09. The molecular weight excluding hydrogens is 574 g/mol. The van der Waals surface area contributed by atoms with Crippen LogP contribution in [-0.4, -0.2) is 19.1 Å². The van der Waals surface area contributed by atoms with E-state index in [9.17, 15) is 0 Å². The Balaban J connectivity index is 1.27. The van der Waals surface area contributed by atoms with Gasteiger partial charge < -0.3 is 0 Å². The summed E-state index contributed by atoms with van der Waals surface area (Å²) < 4.78 is 36.8. The Morgan fingerprint density at radius 3 is 2.09 bits per heavy atom. The minimum absolute atomic E-state index is 0.0857. The molecule has 8 aromatic rings. The predicted octanol–water partition coefficient (Wildman–Crippen LogP) is 9.98. The second-order valence-corrected chi connectivity index (χ2v) is 12.2. The van der Waals surface area contributed by atoms with E-state index >= 15 is 8.78 Å². The van der Waals surface area contributed by atoms with Gasteiger partial charge in [0.1, 0.15) is 12.1 Å². The zero-order valence-electron chi connectivity index (χ0n) is 25.4. The molecule has 0 unspecified atom stereocenters. The molecule has 0 saturated heterocycles. The minimum Gasteiger partial charge on any atom is -0.299 e. The van der Waals surface area contributed by atoms with Gasteiger partial charge >= 0.3 is 0 Å². The Bertz CT molecular complexity index is 2380. The zero-order valence-corrected chi connectivity index (χ0v) is 25.4. The third-order valence-corrected chi connectivity index (χ3v) is 9.17. The fourth-order valence-electron chi connectivity index (χ4n) is 6.55. The molecule has 0 saturated carbocycles. The van der Waals surface area contributed by atoms with Crippen LogP contribution in [0.4, 0.5) is 8.78 Å². The molecule has 0 fully saturated rings. The number of alkyl halides is 2. The molecule has 0 atom stereocenters. The summed E-state index contributed by atoms with van der Waals surface area (Å²) >= 11 is 0. The Labute approximate surface area is 265 Å². The molecule has 224 valence electrons. The molecule has 4 nitrogen and oxygen atoms in total. The lowest BCUT2D eigenvalue weighted by Gasteiger charge is -2.26. The van der Waals surface area contributed by atoms with Gasteiger partial charge in [-0.2, -0.15) is 8.78 Å². The van der Waals surface area contributed by atoms with Crippen LogP contribution in [0.1, 0.15) is 36.1 Å². The van der Waals surface area contributed by atoms with Gasteiger partial charge in [0.2, 0.25) is 0 Å². The molecule has 0 spiro atoms. The smallest absolute Gasteiger partial charge is 0.298 e. The topological polar surface area (TPSA) is 35.6 Å². The second-order valence-electron chi connectivity index (χ2n) is 12.2. The van der Waals surface area contributed by atoms with E-state index in [-0.39, 0.29) is 16.5 Å². The van der Waals surface area contributed by atoms with Crippen LogP contribution in [-0.2, 0) is 11.3 Å². The molecule has 0 amide bonds. The van der Waals surface area contributed by atoms with Crippen molar-refractivity contribution in [2.75, 3.05) is 0 Å². The van der Waals surface area contributed by atoms with Crippen molar-refractivity contribution < 1.29 is 8.78 Å². The summed E-state index contributed by atoms with van der Waals surface area (Å²) in [6.07, 6.45) is 3.48. The Morgan fingerprint density at radius 2 is 1.24 bits per heavy atom. The number of rotatable bonds is 6. The summed E-state index contributed by atoms with van der Waals surface area (Å²) in [6.45, 7) is 4.37. The maximum Gasteiger partial charge on any atom is 0.298 e. The molecule has 3 heterocycles. The van der Waals surface area contributed by atoms with E-state index in [1.807, 2.05) is 94.1 Å². The van der Waals surface area contributed by atoms with Crippen LogP contribution in [0, 0.1) is 0 Å². The molecule has 6 heteroatoms. The molecule has 0 aliphatic heterocycles. The lowest BCUT2D eigenvalue weighted by Crippen LogP contribution is -2.19. The molecule has 0 bridgehead atoms. The SMILES string of the molecule is CC(C)(c1ccccc1)c1ccnc(-n2c3ccccc3c3ccc(C(F)(F)c4cccc(-n5cnc6ccccc65)c4)cc32)c1. The first-order chi connectivity index (χ1) is 22.3. The van der Waals surface area contributed by atoms with E-state index in [0.29, 0.717) is 17.0 Å². The number of benzene rings is 5. The van der Waals surface area contributed by atoms with Crippen LogP contribution in [0.2, 0.25) is 0 Å². The quantitative estimate of drug-likeness (QED) is 0.189. The first-order valence-electron chi connectivity index (χ1n) is 15.3. The Kier molecular flexibility index (Phi) is 6.36. The molecule has 0 N–H and O–H groups in total. The molecule has 5 aromatic carbocycles. The van der Waals surface area contributed by atoms with Crippen LogP contribution in [0.25, 0.3) is 44.3 Å². The van der Waals surface area contributed by atoms with Crippen molar-refractivity contribution in [2.45, 2.75) is 25.2 Å². The number of hydrogen-bond acceptors (Lipinski definition) is 2. The van der Waals surface area contributed by atoms with Crippen molar-refractivity contribution in [1.29, 1.82) is 0 Å². The summed E-state index contributed by atoms with van der Waals surface area (Å²) in [7, 11) is 0. The number of aromatic nitrogens is 4. The maximum absolute atomic E-state index is 16.5. The number of hydrogen-bond donors (Lipinski definition) is 0. The number of pyridine rings is 1. The van der Waals surface area contributed by atoms with Crippen LogP contribution in [0.3, 0.4) is 0 Å². The first kappa shape index (κ1) is 27.9. The van der Waals surface area contributed by atoms with E-state index in [2.05, 4.69) is 37.0 Å². The average molecular weight is 605 g/mol. The number of fused-ring (bicyclic) bond motifs is 4. The highest BCUT2D eigenvalue weighted by atomic mass is 19.3. The molecule has 0 aliphatic rings. The van der Waals surface area contributed by atoms with Gasteiger partial charge in [-0.1, -0.05) is 98.8 Å². The molecule has 0 aliphatic carbocycles. The number of halogens is 2. The van der Waals surface area contributed by atoms with E-state index < -0.39 is 5.92 Å². The largest absolute Gasteiger partial charge is 0.299 e. The van der Waals surface area contributed by atoms with E-state index in [4.69, 9.17) is 4.98 Å². The van der Waals surface area contributed by atoms with E-state index in [1.54, 1.807) is 36.8 Å². The molecule has 46 heavy (non-hydrogen) atoms. The summed E-state index contributed by atoms with van der Waals surface area (Å²) in [5.41, 5.74) is 5.69. The van der Waals surface area contributed by atoms with Crippen LogP contribution in [0.5, 0.6) is 0 Å². The van der Waals surface area contributed by atoms with Gasteiger partial charge in [0.05, 0.1) is 22.1 Å². The van der Waals surface area contributed by atoms with Gasteiger partial charge in [-0.05, 0) is 59.7 Å². The van der Waals surface area contributed by atoms with Crippen molar-refractivity contribution in [2.24, 2.45) is 0 Å². The fraction of sp³-hybridized carbons (Fsp3) is 0.100.